The van der Waals surface area contributed by atoms with E-state index in [0.29, 0.717) is 11.4 Å². The van der Waals surface area contributed by atoms with Crippen LogP contribution < -0.4 is 10.1 Å². The van der Waals surface area contributed by atoms with Crippen LogP contribution in [0, 0.1) is 5.82 Å². The highest BCUT2D eigenvalue weighted by atomic mass is 32.2. The third-order valence-electron chi connectivity index (χ3n) is 3.14. The zero-order valence-corrected chi connectivity index (χ0v) is 13.3. The number of rotatable bonds is 6. The van der Waals surface area contributed by atoms with Gasteiger partial charge in [-0.2, -0.15) is 0 Å². The molecule has 7 heteroatoms. The van der Waals surface area contributed by atoms with Crippen molar-refractivity contribution < 1.29 is 22.3 Å². The Hall–Kier alpha value is -2.41. The molecule has 2 aromatic rings. The van der Waals surface area contributed by atoms with Gasteiger partial charge in [-0.25, -0.2) is 12.8 Å². The van der Waals surface area contributed by atoms with Gasteiger partial charge in [-0.1, -0.05) is 0 Å². The minimum atomic E-state index is -3.62. The number of sulfone groups is 1. The summed E-state index contributed by atoms with van der Waals surface area (Å²) in [6.45, 7) is 0. The monoisotopic (exact) mass is 337 g/mol. The van der Waals surface area contributed by atoms with E-state index in [1.54, 1.807) is 24.3 Å². The smallest absolute Gasteiger partial charge is 0.225 e. The molecule has 0 saturated heterocycles. The number of anilines is 1. The van der Waals surface area contributed by atoms with Crippen molar-refractivity contribution in [1.82, 2.24) is 0 Å². The molecule has 0 aliphatic heterocycles. The van der Waals surface area contributed by atoms with Crippen LogP contribution >= 0.6 is 0 Å². The maximum Gasteiger partial charge on any atom is 0.225 e. The first-order chi connectivity index (χ1) is 10.9. The molecule has 5 nitrogen and oxygen atoms in total. The summed E-state index contributed by atoms with van der Waals surface area (Å²) in [5.74, 6) is -0.621. The molecule has 0 bridgehead atoms. The fraction of sp³-hybridized carbons (Fsp3) is 0.188. The summed E-state index contributed by atoms with van der Waals surface area (Å²) in [4.78, 5) is 11.8. The van der Waals surface area contributed by atoms with Gasteiger partial charge in [-0.15, -0.1) is 0 Å². The van der Waals surface area contributed by atoms with Crippen LogP contribution in [0.25, 0.3) is 0 Å². The van der Waals surface area contributed by atoms with E-state index in [-0.39, 0.29) is 17.1 Å². The molecule has 0 atom stereocenters. The Morgan fingerprint density at radius 3 is 2.26 bits per heavy atom. The van der Waals surface area contributed by atoms with Crippen molar-refractivity contribution in [3.05, 3.63) is 54.3 Å². The second-order valence-electron chi connectivity index (χ2n) is 4.80. The van der Waals surface area contributed by atoms with E-state index in [1.165, 1.54) is 19.2 Å². The number of amides is 1. The SMILES string of the molecule is COc1ccc(NC(=O)CCS(=O)(=O)c2ccc(F)cc2)cc1. The molecule has 0 heterocycles. The predicted molar refractivity (Wildman–Crippen MR) is 84.7 cm³/mol. The Kier molecular flexibility index (Phi) is 5.33. The second kappa shape index (κ2) is 7.23. The third-order valence-corrected chi connectivity index (χ3v) is 4.88. The molecule has 0 fully saturated rings. The summed E-state index contributed by atoms with van der Waals surface area (Å²) in [5, 5.41) is 2.61. The van der Waals surface area contributed by atoms with Gasteiger partial charge >= 0.3 is 0 Å². The van der Waals surface area contributed by atoms with Crippen molar-refractivity contribution >= 4 is 21.4 Å². The number of hydrogen-bond donors (Lipinski definition) is 1. The standard InChI is InChI=1S/C16H16FNO4S/c1-22-14-6-4-13(5-7-14)18-16(19)10-11-23(20,21)15-8-2-12(17)3-9-15/h2-9H,10-11H2,1H3,(H,18,19). The number of methoxy groups -OCH3 is 1. The van der Waals surface area contributed by atoms with Crippen LogP contribution in [-0.2, 0) is 14.6 Å². The molecular weight excluding hydrogens is 321 g/mol. The lowest BCUT2D eigenvalue weighted by Crippen LogP contribution is -2.17. The van der Waals surface area contributed by atoms with Crippen molar-refractivity contribution in [2.45, 2.75) is 11.3 Å². The Bertz CT molecular complexity index is 771. The number of benzene rings is 2. The minimum Gasteiger partial charge on any atom is -0.497 e. The van der Waals surface area contributed by atoms with Gasteiger partial charge in [0.1, 0.15) is 11.6 Å². The Morgan fingerprint density at radius 2 is 1.70 bits per heavy atom. The zero-order chi connectivity index (χ0) is 16.9. The quantitative estimate of drug-likeness (QED) is 0.823. The van der Waals surface area contributed by atoms with E-state index >= 15 is 0 Å². The third kappa shape index (κ3) is 4.79. The van der Waals surface area contributed by atoms with Crippen molar-refractivity contribution in [3.8, 4) is 5.75 Å². The van der Waals surface area contributed by atoms with Crippen LogP contribution in [0.3, 0.4) is 0 Å². The van der Waals surface area contributed by atoms with Crippen LogP contribution in [0.4, 0.5) is 10.1 Å². The van der Waals surface area contributed by atoms with E-state index in [2.05, 4.69) is 5.32 Å². The van der Waals surface area contributed by atoms with Gasteiger partial charge < -0.3 is 10.1 Å². The number of halogens is 1. The summed E-state index contributed by atoms with van der Waals surface area (Å²) in [5.41, 5.74) is 0.551. The number of nitrogens with one attached hydrogen (secondary N) is 1. The van der Waals surface area contributed by atoms with Crippen molar-refractivity contribution in [1.29, 1.82) is 0 Å². The minimum absolute atomic E-state index is 0.00357. The summed E-state index contributed by atoms with van der Waals surface area (Å²) < 4.78 is 42.0. The molecule has 2 rings (SSSR count). The van der Waals surface area contributed by atoms with Gasteiger partial charge in [-0.3, -0.25) is 4.79 Å². The van der Waals surface area contributed by atoms with Gasteiger partial charge in [-0.05, 0) is 48.5 Å². The highest BCUT2D eigenvalue weighted by Gasteiger charge is 2.16. The zero-order valence-electron chi connectivity index (χ0n) is 12.5. The molecule has 0 aliphatic rings. The summed E-state index contributed by atoms with van der Waals surface area (Å²) in [6, 6.07) is 11.2. The highest BCUT2D eigenvalue weighted by Crippen LogP contribution is 2.16. The first kappa shape index (κ1) is 17.0. The molecule has 0 unspecified atom stereocenters. The van der Waals surface area contributed by atoms with Crippen LogP contribution in [0.5, 0.6) is 5.75 Å². The van der Waals surface area contributed by atoms with Crippen LogP contribution in [0.1, 0.15) is 6.42 Å². The molecule has 0 saturated carbocycles. The molecular formula is C16H16FNO4S. The Morgan fingerprint density at radius 1 is 1.09 bits per heavy atom. The fourth-order valence-electron chi connectivity index (χ4n) is 1.88. The van der Waals surface area contributed by atoms with Crippen molar-refractivity contribution in [2.24, 2.45) is 0 Å². The molecule has 1 amide bonds. The topological polar surface area (TPSA) is 72.5 Å². The number of ether oxygens (including phenoxy) is 1. The van der Waals surface area contributed by atoms with Crippen LogP contribution in [-0.4, -0.2) is 27.2 Å². The number of carbonyl (C=O) groups excluding carboxylic acids is 1. The first-order valence-electron chi connectivity index (χ1n) is 6.83. The lowest BCUT2D eigenvalue weighted by atomic mass is 10.3. The van der Waals surface area contributed by atoms with Gasteiger partial charge in [0.25, 0.3) is 0 Å². The molecule has 0 spiro atoms. The summed E-state index contributed by atoms with van der Waals surface area (Å²) in [6.07, 6.45) is -0.189. The number of hydrogen-bond acceptors (Lipinski definition) is 4. The summed E-state index contributed by atoms with van der Waals surface area (Å²) in [7, 11) is -2.09. The normalized spacial score (nSPS) is 11.0. The molecule has 1 N–H and O–H groups in total. The lowest BCUT2D eigenvalue weighted by molar-refractivity contribution is -0.115. The first-order valence-corrected chi connectivity index (χ1v) is 8.48. The maximum atomic E-state index is 12.8. The van der Waals surface area contributed by atoms with Gasteiger partial charge in [0.05, 0.1) is 17.8 Å². The molecule has 0 aliphatic carbocycles. The fourth-order valence-corrected chi connectivity index (χ4v) is 3.13. The van der Waals surface area contributed by atoms with Crippen molar-refractivity contribution in [3.63, 3.8) is 0 Å². The molecule has 2 aromatic carbocycles. The van der Waals surface area contributed by atoms with E-state index in [0.717, 1.165) is 12.1 Å². The van der Waals surface area contributed by atoms with Gasteiger partial charge in [0.15, 0.2) is 9.84 Å². The van der Waals surface area contributed by atoms with E-state index in [4.69, 9.17) is 4.74 Å². The molecule has 122 valence electrons. The maximum absolute atomic E-state index is 12.8. The van der Waals surface area contributed by atoms with E-state index in [1.807, 2.05) is 0 Å². The largest absolute Gasteiger partial charge is 0.497 e. The van der Waals surface area contributed by atoms with Crippen LogP contribution in [0.15, 0.2) is 53.4 Å². The average molecular weight is 337 g/mol. The molecule has 23 heavy (non-hydrogen) atoms. The lowest BCUT2D eigenvalue weighted by Gasteiger charge is -2.07. The van der Waals surface area contributed by atoms with Crippen LogP contribution in [0.2, 0.25) is 0 Å². The van der Waals surface area contributed by atoms with E-state index < -0.39 is 21.6 Å². The Balaban J connectivity index is 1.93. The second-order valence-corrected chi connectivity index (χ2v) is 6.91. The van der Waals surface area contributed by atoms with Crippen molar-refractivity contribution in [2.75, 3.05) is 18.2 Å². The van der Waals surface area contributed by atoms with E-state index in [9.17, 15) is 17.6 Å². The molecule has 0 aromatic heterocycles. The highest BCUT2D eigenvalue weighted by molar-refractivity contribution is 7.91. The summed E-state index contributed by atoms with van der Waals surface area (Å²) >= 11 is 0. The number of carbonyl (C=O) groups is 1. The average Bonchev–Trinajstić information content (AvgIpc) is 2.54. The molecule has 0 radical (unpaired) electrons. The van der Waals surface area contributed by atoms with Gasteiger partial charge in [0.2, 0.25) is 5.91 Å². The van der Waals surface area contributed by atoms with Gasteiger partial charge in [0, 0.05) is 12.1 Å². The predicted octanol–water partition coefficient (Wildman–Crippen LogP) is 2.64. The Labute approximate surface area is 134 Å².